The molecule has 0 saturated heterocycles. The summed E-state index contributed by atoms with van der Waals surface area (Å²) in [6.45, 7) is 0. The summed E-state index contributed by atoms with van der Waals surface area (Å²) < 4.78 is 36.5. The van der Waals surface area contributed by atoms with Crippen LogP contribution in [-0.4, -0.2) is 12.2 Å². The van der Waals surface area contributed by atoms with Gasteiger partial charge in [0.05, 0.1) is 0 Å². The van der Waals surface area contributed by atoms with Crippen molar-refractivity contribution in [3.63, 3.8) is 0 Å². The molecule has 154 valence electrons. The average Bonchev–Trinajstić information content (AvgIpc) is 2.58. The van der Waals surface area contributed by atoms with Crippen LogP contribution in [0, 0.1) is 0 Å². The molecule has 14 heteroatoms. The summed E-state index contributed by atoms with van der Waals surface area (Å²) in [5, 5.41) is 0. The van der Waals surface area contributed by atoms with Crippen molar-refractivity contribution in [2.75, 3.05) is 0 Å². The zero-order chi connectivity index (χ0) is 21.0. The van der Waals surface area contributed by atoms with Gasteiger partial charge in [0.25, 0.3) is 16.1 Å². The lowest BCUT2D eigenvalue weighted by Gasteiger charge is -2.14. The normalized spacial score (nSPS) is 12.6. The fourth-order valence-corrected chi connectivity index (χ4v) is 3.55. The Labute approximate surface area is 216 Å². The van der Waals surface area contributed by atoms with E-state index in [0.717, 1.165) is 11.1 Å². The molecule has 0 saturated carbocycles. The first kappa shape index (κ1) is 25.4. The minimum absolute atomic E-state index is 0.182. The number of hydrogen-bond acceptors (Lipinski definition) is 7. The highest BCUT2D eigenvalue weighted by atomic mass is 80.0. The predicted molar refractivity (Wildman–Crippen MR) is 131 cm³/mol. The quantitative estimate of drug-likeness (QED) is 0.0715. The lowest BCUT2D eigenvalue weighted by Crippen LogP contribution is -2.23. The monoisotopic (exact) mass is 809 g/mol. The number of rotatable bonds is 7. The summed E-state index contributed by atoms with van der Waals surface area (Å²) in [4.78, 5) is 4.84. The standard InChI is InChI=1S/C14H8Br6O6S2/c15-13(16,17)25-26-27-23-11-5-1-9(2-6-11)10-3-7-12(8-4-10)24-28(21,22)14(18,19)20/h1-8H. The summed E-state index contributed by atoms with van der Waals surface area (Å²) in [6.07, 6.45) is 0. The Morgan fingerprint density at radius 2 is 1.21 bits per heavy atom. The maximum atomic E-state index is 12.0. The second-order valence-corrected chi connectivity index (χ2v) is 21.8. The van der Waals surface area contributed by atoms with Crippen LogP contribution in [0.2, 0.25) is 0 Å². The van der Waals surface area contributed by atoms with Crippen LogP contribution in [0.4, 0.5) is 0 Å². The number of hydrogen-bond donors (Lipinski definition) is 0. The molecule has 28 heavy (non-hydrogen) atoms. The van der Waals surface area contributed by atoms with Crippen LogP contribution in [0.15, 0.2) is 48.5 Å². The van der Waals surface area contributed by atoms with Gasteiger partial charge in [-0.05, 0) is 131 Å². The molecule has 0 bridgehead atoms. The van der Waals surface area contributed by atoms with E-state index < -0.39 is 13.9 Å². The second kappa shape index (κ2) is 10.6. The van der Waals surface area contributed by atoms with Crippen molar-refractivity contribution >= 4 is 118 Å². The van der Waals surface area contributed by atoms with Crippen LogP contribution in [0.3, 0.4) is 0 Å². The molecule has 0 atom stereocenters. The van der Waals surface area contributed by atoms with Crippen molar-refractivity contribution in [3.05, 3.63) is 48.5 Å². The highest BCUT2D eigenvalue weighted by molar-refractivity contribution is 9.42. The van der Waals surface area contributed by atoms with Gasteiger partial charge in [-0.25, -0.2) is 0 Å². The fourth-order valence-electron chi connectivity index (χ4n) is 1.69. The van der Waals surface area contributed by atoms with Crippen molar-refractivity contribution in [1.82, 2.24) is 0 Å². The number of alkyl halides is 6. The summed E-state index contributed by atoms with van der Waals surface area (Å²) in [5.74, 6) is 0.734. The third-order valence-corrected chi connectivity index (χ3v) is 8.15. The van der Waals surface area contributed by atoms with Crippen LogP contribution in [0.5, 0.6) is 11.5 Å². The van der Waals surface area contributed by atoms with E-state index in [9.17, 15) is 8.42 Å². The Morgan fingerprint density at radius 1 is 0.750 bits per heavy atom. The zero-order valence-electron chi connectivity index (χ0n) is 13.2. The van der Waals surface area contributed by atoms with Crippen molar-refractivity contribution in [2.45, 2.75) is 3.80 Å². The third kappa shape index (κ3) is 8.35. The van der Waals surface area contributed by atoms with E-state index >= 15 is 0 Å². The molecule has 2 rings (SSSR count). The van der Waals surface area contributed by atoms with Gasteiger partial charge >= 0.3 is 10.1 Å². The molecule has 0 aliphatic carbocycles. The van der Waals surface area contributed by atoms with E-state index in [1.807, 2.05) is 12.1 Å². The van der Waals surface area contributed by atoms with Gasteiger partial charge in [0.1, 0.15) is 11.5 Å². The van der Waals surface area contributed by atoms with Gasteiger partial charge in [-0.2, -0.15) is 13.3 Å². The molecule has 0 aliphatic heterocycles. The average molecular weight is 816 g/mol. The minimum atomic E-state index is -3.95. The molecule has 6 nitrogen and oxygen atoms in total. The van der Waals surface area contributed by atoms with Gasteiger partial charge in [-0.3, -0.25) is 0 Å². The smallest absolute Gasteiger partial charge is 0.346 e. The Hall–Kier alpha value is 1.14. The number of halogens is 6. The van der Waals surface area contributed by atoms with E-state index in [-0.39, 0.29) is 5.75 Å². The van der Waals surface area contributed by atoms with E-state index in [1.54, 1.807) is 36.4 Å². The molecule has 0 spiro atoms. The van der Waals surface area contributed by atoms with Crippen molar-refractivity contribution < 1.29 is 26.0 Å². The SMILES string of the molecule is O=S(=O)(Oc1ccc(-c2ccc(OSOOC(Br)(Br)Br)cc2)cc1)C(Br)(Br)Br. The summed E-state index contributed by atoms with van der Waals surface area (Å²) >= 11 is 18.7. The Balaban J connectivity index is 1.97. The topological polar surface area (TPSA) is 71.1 Å². The maximum Gasteiger partial charge on any atom is 0.346 e. The van der Waals surface area contributed by atoms with Gasteiger partial charge < -0.3 is 8.37 Å². The van der Waals surface area contributed by atoms with Crippen LogP contribution in [0.25, 0.3) is 11.1 Å². The predicted octanol–water partition coefficient (Wildman–Crippen LogP) is 7.54. The first-order chi connectivity index (χ1) is 12.9. The fraction of sp³-hybridized carbons (Fsp3) is 0.143. The van der Waals surface area contributed by atoms with Crippen LogP contribution in [-0.2, 0) is 19.3 Å². The van der Waals surface area contributed by atoms with Crippen molar-refractivity contribution in [2.24, 2.45) is 0 Å². The highest BCUT2D eigenvalue weighted by Gasteiger charge is 2.38. The summed E-state index contributed by atoms with van der Waals surface area (Å²) in [6, 6.07) is 13.8. The maximum absolute atomic E-state index is 12.0. The molecular formula is C14H8Br6O6S2. The van der Waals surface area contributed by atoms with E-state index in [0.29, 0.717) is 18.1 Å². The lowest BCUT2D eigenvalue weighted by atomic mass is 10.1. The molecule has 0 radical (unpaired) electrons. The number of benzene rings is 2. The molecule has 2 aromatic rings. The zero-order valence-corrected chi connectivity index (χ0v) is 24.3. The molecule has 0 N–H and O–H groups in total. The van der Waals surface area contributed by atoms with Gasteiger partial charge in [0, 0.05) is 0 Å². The molecule has 0 aromatic heterocycles. The molecule has 0 amide bonds. The molecular weight excluding hydrogens is 808 g/mol. The molecule has 0 unspecified atom stereocenters. The molecule has 2 aromatic carbocycles. The molecule has 0 heterocycles. The van der Waals surface area contributed by atoms with Gasteiger partial charge in [-0.15, -0.1) is 4.33 Å². The molecule has 0 aliphatic rings. The lowest BCUT2D eigenvalue weighted by molar-refractivity contribution is -0.188. The van der Waals surface area contributed by atoms with Crippen LogP contribution >= 0.6 is 108 Å². The molecule has 0 fully saturated rings. The largest absolute Gasteiger partial charge is 0.399 e. The Bertz CT molecular complexity index is 879. The highest BCUT2D eigenvalue weighted by Crippen LogP contribution is 2.41. The van der Waals surface area contributed by atoms with Crippen molar-refractivity contribution in [1.29, 1.82) is 0 Å². The first-order valence-electron chi connectivity index (χ1n) is 6.84. The Morgan fingerprint density at radius 3 is 1.64 bits per heavy atom. The van der Waals surface area contributed by atoms with Crippen LogP contribution in [0.1, 0.15) is 0 Å². The first-order valence-corrected chi connectivity index (χ1v) is 13.7. The summed E-state index contributed by atoms with van der Waals surface area (Å²) in [7, 11) is -3.95. The third-order valence-electron chi connectivity index (χ3n) is 2.82. The van der Waals surface area contributed by atoms with Gasteiger partial charge in [0.2, 0.25) is 0 Å². The minimum Gasteiger partial charge on any atom is -0.399 e. The van der Waals surface area contributed by atoms with Crippen molar-refractivity contribution in [3.8, 4) is 22.6 Å². The van der Waals surface area contributed by atoms with Crippen LogP contribution < -0.4 is 8.37 Å². The van der Waals surface area contributed by atoms with E-state index in [2.05, 4.69) is 95.6 Å². The van der Waals surface area contributed by atoms with E-state index in [4.69, 9.17) is 17.6 Å². The summed E-state index contributed by atoms with van der Waals surface area (Å²) in [5.41, 5.74) is 1.77. The van der Waals surface area contributed by atoms with E-state index in [1.165, 1.54) is 0 Å². The Kier molecular flexibility index (Phi) is 9.65. The second-order valence-electron chi connectivity index (χ2n) is 4.78. The van der Waals surface area contributed by atoms with Gasteiger partial charge in [-0.1, -0.05) is 24.3 Å². The van der Waals surface area contributed by atoms with Gasteiger partial charge in [0.15, 0.2) is 0 Å².